The number of nitrogens with two attached hydrogens (primary N) is 1. The molecule has 0 atom stereocenters. The lowest BCUT2D eigenvalue weighted by Gasteiger charge is -2.22. The lowest BCUT2D eigenvalue weighted by atomic mass is 10.1. The third kappa shape index (κ3) is 3.36. The fraction of sp³-hybridized carbons (Fsp3) is 0.417. The van der Waals surface area contributed by atoms with Crippen LogP contribution in [0.1, 0.15) is 15.9 Å². The van der Waals surface area contributed by atoms with Crippen LogP contribution in [0.4, 0.5) is 5.69 Å². The zero-order chi connectivity index (χ0) is 11.6. The van der Waals surface area contributed by atoms with Gasteiger partial charge in [-0.2, -0.15) is 0 Å². The van der Waals surface area contributed by atoms with Crippen molar-refractivity contribution >= 4 is 11.5 Å². The second-order valence-electron chi connectivity index (χ2n) is 4.94. The Balaban J connectivity index is 2.88. The van der Waals surface area contributed by atoms with Gasteiger partial charge in [0.15, 0.2) is 0 Å². The Morgan fingerprint density at radius 2 is 1.93 bits per heavy atom. The van der Waals surface area contributed by atoms with Crippen LogP contribution in [0.2, 0.25) is 0 Å². The topological polar surface area (TPSA) is 43.1 Å². The molecule has 3 heteroatoms. The second-order valence-corrected chi connectivity index (χ2v) is 4.94. The minimum absolute atomic E-state index is 0.134. The summed E-state index contributed by atoms with van der Waals surface area (Å²) >= 11 is 0. The predicted octanol–water partition coefficient (Wildman–Crippen LogP) is 1.47. The predicted molar refractivity (Wildman–Crippen MR) is 62.8 cm³/mol. The first-order valence-corrected chi connectivity index (χ1v) is 4.99. The average molecular weight is 207 g/mol. The van der Waals surface area contributed by atoms with Crippen molar-refractivity contribution in [2.75, 3.05) is 33.4 Å². The van der Waals surface area contributed by atoms with Crippen LogP contribution in [-0.2, 0) is 0 Å². The first-order chi connectivity index (χ1) is 6.79. The molecule has 0 aliphatic rings. The number of aryl methyl sites for hydroxylation is 1. The molecule has 1 rings (SSSR count). The lowest BCUT2D eigenvalue weighted by molar-refractivity contribution is -0.861. The normalized spacial score (nSPS) is 11.5. The van der Waals surface area contributed by atoms with E-state index in [0.29, 0.717) is 22.3 Å². The summed E-state index contributed by atoms with van der Waals surface area (Å²) in [5.74, 6) is 0.134. The molecule has 3 nitrogen and oxygen atoms in total. The van der Waals surface area contributed by atoms with Crippen LogP contribution < -0.4 is 5.73 Å². The van der Waals surface area contributed by atoms with E-state index in [1.807, 2.05) is 40.2 Å². The molecule has 0 aromatic heterocycles. The zero-order valence-electron chi connectivity index (χ0n) is 9.87. The molecular formula is C12H19N2O+. The molecule has 0 saturated heterocycles. The SMILES string of the molecule is Cc1ccc(C(=O)C[N+](C)(C)C)cc1N. The molecule has 0 amide bonds. The number of hydrogen-bond donors (Lipinski definition) is 1. The zero-order valence-corrected chi connectivity index (χ0v) is 9.87. The average Bonchev–Trinajstić information content (AvgIpc) is 2.06. The molecule has 0 aliphatic carbocycles. The molecule has 2 N–H and O–H groups in total. The van der Waals surface area contributed by atoms with Gasteiger partial charge in [0.25, 0.3) is 0 Å². The number of hydrogen-bond acceptors (Lipinski definition) is 2. The van der Waals surface area contributed by atoms with Crippen molar-refractivity contribution in [2.24, 2.45) is 0 Å². The number of carbonyl (C=O) groups is 1. The summed E-state index contributed by atoms with van der Waals surface area (Å²) in [5.41, 5.74) is 8.16. The first kappa shape index (κ1) is 11.7. The van der Waals surface area contributed by atoms with Crippen LogP contribution >= 0.6 is 0 Å². The summed E-state index contributed by atoms with van der Waals surface area (Å²) in [6, 6.07) is 5.48. The molecule has 1 aromatic rings. The van der Waals surface area contributed by atoms with Gasteiger partial charge in [-0.15, -0.1) is 0 Å². The first-order valence-electron chi connectivity index (χ1n) is 4.99. The quantitative estimate of drug-likeness (QED) is 0.463. The molecule has 0 saturated carbocycles. The van der Waals surface area contributed by atoms with Crippen molar-refractivity contribution in [3.63, 3.8) is 0 Å². The van der Waals surface area contributed by atoms with Gasteiger partial charge in [-0.05, 0) is 18.6 Å². The monoisotopic (exact) mass is 207 g/mol. The van der Waals surface area contributed by atoms with Gasteiger partial charge in [-0.3, -0.25) is 4.79 Å². The molecule has 0 bridgehead atoms. The van der Waals surface area contributed by atoms with Crippen LogP contribution in [0.25, 0.3) is 0 Å². The van der Waals surface area contributed by atoms with Crippen LogP contribution in [0.15, 0.2) is 18.2 Å². The molecule has 0 radical (unpaired) electrons. The maximum Gasteiger partial charge on any atom is 0.216 e. The number of ketones is 1. The molecule has 15 heavy (non-hydrogen) atoms. The van der Waals surface area contributed by atoms with Gasteiger partial charge < -0.3 is 10.2 Å². The Bertz CT molecular complexity index is 378. The molecule has 1 aromatic carbocycles. The Morgan fingerprint density at radius 3 is 2.40 bits per heavy atom. The number of rotatable bonds is 3. The summed E-state index contributed by atoms with van der Waals surface area (Å²) in [4.78, 5) is 11.9. The number of benzene rings is 1. The number of carbonyl (C=O) groups excluding carboxylic acids is 1. The number of nitrogen functional groups attached to an aromatic ring is 1. The van der Waals surface area contributed by atoms with Crippen molar-refractivity contribution in [3.8, 4) is 0 Å². The highest BCUT2D eigenvalue weighted by molar-refractivity contribution is 5.97. The van der Waals surface area contributed by atoms with E-state index in [1.54, 1.807) is 6.07 Å². The number of nitrogens with zero attached hydrogens (tertiary/aromatic N) is 1. The van der Waals surface area contributed by atoms with E-state index in [0.717, 1.165) is 5.56 Å². The van der Waals surface area contributed by atoms with Crippen molar-refractivity contribution < 1.29 is 9.28 Å². The van der Waals surface area contributed by atoms with Gasteiger partial charge in [-0.25, -0.2) is 0 Å². The summed E-state index contributed by atoms with van der Waals surface area (Å²) in [5, 5.41) is 0. The Kier molecular flexibility index (Phi) is 3.15. The number of likely N-dealkylation sites (N-methyl/N-ethyl adjacent to an activating group) is 1. The molecule has 0 unspecified atom stereocenters. The molecule has 0 heterocycles. The smallest absolute Gasteiger partial charge is 0.216 e. The minimum atomic E-state index is 0.134. The second kappa shape index (κ2) is 4.03. The van der Waals surface area contributed by atoms with E-state index < -0.39 is 0 Å². The fourth-order valence-electron chi connectivity index (χ4n) is 1.34. The van der Waals surface area contributed by atoms with Gasteiger partial charge in [0.1, 0.15) is 6.54 Å². The van der Waals surface area contributed by atoms with E-state index in [1.165, 1.54) is 0 Å². The Labute approximate surface area is 91.1 Å². The Hall–Kier alpha value is -1.35. The van der Waals surface area contributed by atoms with E-state index in [2.05, 4.69) is 0 Å². The third-order valence-electron chi connectivity index (χ3n) is 2.22. The van der Waals surface area contributed by atoms with Gasteiger partial charge >= 0.3 is 0 Å². The maximum atomic E-state index is 11.9. The van der Waals surface area contributed by atoms with Gasteiger partial charge in [0.05, 0.1) is 21.1 Å². The van der Waals surface area contributed by atoms with Gasteiger partial charge in [0.2, 0.25) is 5.78 Å². The van der Waals surface area contributed by atoms with Crippen LogP contribution in [0, 0.1) is 6.92 Å². The largest absolute Gasteiger partial charge is 0.398 e. The number of anilines is 1. The summed E-state index contributed by atoms with van der Waals surface area (Å²) < 4.78 is 0.632. The van der Waals surface area contributed by atoms with Crippen molar-refractivity contribution in [3.05, 3.63) is 29.3 Å². The highest BCUT2D eigenvalue weighted by atomic mass is 16.1. The highest BCUT2D eigenvalue weighted by Crippen LogP contribution is 2.14. The summed E-state index contributed by atoms with van der Waals surface area (Å²) in [7, 11) is 5.99. The number of quaternary nitrogens is 1. The van der Waals surface area contributed by atoms with Crippen LogP contribution in [0.3, 0.4) is 0 Å². The van der Waals surface area contributed by atoms with Crippen molar-refractivity contribution in [1.82, 2.24) is 0 Å². The Morgan fingerprint density at radius 1 is 1.33 bits per heavy atom. The molecule has 0 fully saturated rings. The molecular weight excluding hydrogens is 188 g/mol. The molecule has 82 valence electrons. The standard InChI is InChI=1S/C12H19N2O/c1-9-5-6-10(7-11(9)13)12(15)8-14(2,3)4/h5-7H,8,13H2,1-4H3/q+1. The van der Waals surface area contributed by atoms with Gasteiger partial charge in [0, 0.05) is 11.3 Å². The lowest BCUT2D eigenvalue weighted by Crippen LogP contribution is -2.39. The summed E-state index contributed by atoms with van der Waals surface area (Å²) in [6.07, 6.45) is 0. The molecule has 0 aliphatic heterocycles. The maximum absolute atomic E-state index is 11.9. The number of Topliss-reactive ketones (excluding diaryl/α,β-unsaturated/α-hetero) is 1. The van der Waals surface area contributed by atoms with E-state index in [-0.39, 0.29) is 5.78 Å². The summed E-state index contributed by atoms with van der Waals surface area (Å²) in [6.45, 7) is 2.42. The van der Waals surface area contributed by atoms with Crippen molar-refractivity contribution in [1.29, 1.82) is 0 Å². The molecule has 0 spiro atoms. The van der Waals surface area contributed by atoms with E-state index in [4.69, 9.17) is 5.73 Å². The minimum Gasteiger partial charge on any atom is -0.398 e. The highest BCUT2D eigenvalue weighted by Gasteiger charge is 2.16. The van der Waals surface area contributed by atoms with Crippen LogP contribution in [-0.4, -0.2) is 38.0 Å². The fourth-order valence-corrected chi connectivity index (χ4v) is 1.34. The third-order valence-corrected chi connectivity index (χ3v) is 2.22. The van der Waals surface area contributed by atoms with E-state index >= 15 is 0 Å². The van der Waals surface area contributed by atoms with E-state index in [9.17, 15) is 4.79 Å². The van der Waals surface area contributed by atoms with Crippen molar-refractivity contribution in [2.45, 2.75) is 6.92 Å². The van der Waals surface area contributed by atoms with Gasteiger partial charge in [-0.1, -0.05) is 12.1 Å². The van der Waals surface area contributed by atoms with Crippen LogP contribution in [0.5, 0.6) is 0 Å².